The first kappa shape index (κ1) is 13.5. The molecule has 0 atom stereocenters. The van der Waals surface area contributed by atoms with Crippen molar-refractivity contribution < 1.29 is 4.74 Å². The van der Waals surface area contributed by atoms with Gasteiger partial charge in [-0.05, 0) is 24.2 Å². The summed E-state index contributed by atoms with van der Waals surface area (Å²) in [6.07, 6.45) is 0. The van der Waals surface area contributed by atoms with Crippen molar-refractivity contribution in [3.05, 3.63) is 39.3 Å². The topological polar surface area (TPSA) is 47.0 Å². The van der Waals surface area contributed by atoms with Crippen molar-refractivity contribution >= 4 is 27.3 Å². The molecule has 1 N–H and O–H groups in total. The van der Waals surface area contributed by atoms with Gasteiger partial charge in [0.2, 0.25) is 0 Å². The minimum absolute atomic E-state index is 0.509. The summed E-state index contributed by atoms with van der Waals surface area (Å²) in [5.41, 5.74) is 1.10. The number of halogens is 1. The lowest BCUT2D eigenvalue weighted by Gasteiger charge is -2.02. The molecule has 1 aromatic carbocycles. The predicted octanol–water partition coefficient (Wildman–Crippen LogP) is 2.99. The van der Waals surface area contributed by atoms with Crippen LogP contribution in [0, 0.1) is 0 Å². The Morgan fingerprint density at radius 2 is 2.28 bits per heavy atom. The third kappa shape index (κ3) is 4.04. The second kappa shape index (κ2) is 6.82. The van der Waals surface area contributed by atoms with Crippen molar-refractivity contribution in [2.24, 2.45) is 0 Å². The monoisotopic (exact) mass is 327 g/mol. The van der Waals surface area contributed by atoms with E-state index in [2.05, 4.69) is 38.4 Å². The summed E-state index contributed by atoms with van der Waals surface area (Å²) >= 11 is 4.91. The maximum absolute atomic E-state index is 5.60. The fraction of sp³-hybridized carbons (Fsp3) is 0.333. The van der Waals surface area contributed by atoms with Crippen molar-refractivity contribution in [1.82, 2.24) is 15.5 Å². The van der Waals surface area contributed by atoms with Gasteiger partial charge in [0.25, 0.3) is 5.19 Å². The van der Waals surface area contributed by atoms with Crippen LogP contribution in [0.25, 0.3) is 0 Å². The molecular weight excluding hydrogens is 314 g/mol. The largest absolute Gasteiger partial charge is 0.464 e. The van der Waals surface area contributed by atoms with Gasteiger partial charge in [-0.25, -0.2) is 0 Å². The van der Waals surface area contributed by atoms with E-state index in [4.69, 9.17) is 4.74 Å². The number of ether oxygens (including phenoxy) is 1. The van der Waals surface area contributed by atoms with Crippen LogP contribution in [-0.4, -0.2) is 16.7 Å². The van der Waals surface area contributed by atoms with Crippen LogP contribution in [-0.2, 0) is 13.2 Å². The van der Waals surface area contributed by atoms with Gasteiger partial charge in [-0.15, -0.1) is 5.10 Å². The number of hydrogen-bond acceptors (Lipinski definition) is 5. The quantitative estimate of drug-likeness (QED) is 0.886. The van der Waals surface area contributed by atoms with E-state index in [1.165, 1.54) is 11.3 Å². The van der Waals surface area contributed by atoms with Gasteiger partial charge in [0, 0.05) is 11.0 Å². The highest BCUT2D eigenvalue weighted by Gasteiger charge is 2.04. The molecule has 0 fully saturated rings. The molecule has 0 saturated heterocycles. The number of aromatic nitrogens is 2. The van der Waals surface area contributed by atoms with Gasteiger partial charge in [0.1, 0.15) is 11.6 Å². The third-order valence-corrected chi connectivity index (χ3v) is 3.55. The average molecular weight is 328 g/mol. The molecule has 18 heavy (non-hydrogen) atoms. The molecule has 0 aliphatic heterocycles. The zero-order chi connectivity index (χ0) is 12.8. The summed E-state index contributed by atoms with van der Waals surface area (Å²) in [5, 5.41) is 12.8. The molecule has 0 amide bonds. The van der Waals surface area contributed by atoms with Crippen LogP contribution in [0.1, 0.15) is 17.5 Å². The van der Waals surface area contributed by atoms with Gasteiger partial charge >= 0.3 is 0 Å². The van der Waals surface area contributed by atoms with Crippen LogP contribution >= 0.6 is 27.3 Å². The molecule has 0 aliphatic rings. The molecule has 1 heterocycles. The Morgan fingerprint density at radius 3 is 3.06 bits per heavy atom. The number of hydrogen-bond donors (Lipinski definition) is 1. The number of benzene rings is 1. The van der Waals surface area contributed by atoms with Crippen LogP contribution in [0.5, 0.6) is 5.19 Å². The Hall–Kier alpha value is -0.980. The molecule has 2 aromatic rings. The van der Waals surface area contributed by atoms with E-state index in [1.54, 1.807) is 0 Å². The second-order valence-electron chi connectivity index (χ2n) is 3.66. The first-order valence-corrected chi connectivity index (χ1v) is 7.29. The summed E-state index contributed by atoms with van der Waals surface area (Å²) in [6.45, 7) is 4.24. The SMILES string of the molecule is CCNCc1nnc(OCc2cccc(Br)c2)s1. The molecule has 4 nitrogen and oxygen atoms in total. The zero-order valence-electron chi connectivity index (χ0n) is 10.0. The number of nitrogens with zero attached hydrogens (tertiary/aromatic N) is 2. The van der Waals surface area contributed by atoms with E-state index in [-0.39, 0.29) is 0 Å². The average Bonchev–Trinajstić information content (AvgIpc) is 2.82. The number of rotatable bonds is 6. The maximum atomic E-state index is 5.60. The Bertz CT molecular complexity index is 504. The molecule has 0 spiro atoms. The molecule has 1 aromatic heterocycles. The van der Waals surface area contributed by atoms with Crippen molar-refractivity contribution in [1.29, 1.82) is 0 Å². The first-order chi connectivity index (χ1) is 8.78. The van der Waals surface area contributed by atoms with Crippen LogP contribution in [0.3, 0.4) is 0 Å². The van der Waals surface area contributed by atoms with Crippen molar-refractivity contribution in [2.45, 2.75) is 20.1 Å². The fourth-order valence-electron chi connectivity index (χ4n) is 1.37. The van der Waals surface area contributed by atoms with Gasteiger partial charge in [-0.2, -0.15) is 0 Å². The van der Waals surface area contributed by atoms with E-state index in [0.29, 0.717) is 11.8 Å². The first-order valence-electron chi connectivity index (χ1n) is 5.68. The molecule has 0 radical (unpaired) electrons. The molecule has 0 saturated carbocycles. The predicted molar refractivity (Wildman–Crippen MR) is 75.8 cm³/mol. The minimum Gasteiger partial charge on any atom is -0.464 e. The molecular formula is C12H14BrN3OS. The van der Waals surface area contributed by atoms with Crippen molar-refractivity contribution in [2.75, 3.05) is 6.54 Å². The number of nitrogens with one attached hydrogen (secondary N) is 1. The summed E-state index contributed by atoms with van der Waals surface area (Å²) in [4.78, 5) is 0. The second-order valence-corrected chi connectivity index (χ2v) is 5.60. The molecule has 0 unspecified atom stereocenters. The molecule has 0 aliphatic carbocycles. The normalized spacial score (nSPS) is 10.6. The highest BCUT2D eigenvalue weighted by atomic mass is 79.9. The van der Waals surface area contributed by atoms with Gasteiger partial charge in [0.15, 0.2) is 0 Å². The van der Waals surface area contributed by atoms with Gasteiger partial charge in [0.05, 0.1) is 0 Å². The fourth-order valence-corrected chi connectivity index (χ4v) is 2.48. The van der Waals surface area contributed by atoms with E-state index in [9.17, 15) is 0 Å². The molecule has 2 rings (SSSR count). The third-order valence-electron chi connectivity index (χ3n) is 2.23. The van der Waals surface area contributed by atoms with Gasteiger partial charge < -0.3 is 10.1 Å². The summed E-state index contributed by atoms with van der Waals surface area (Å²) in [6, 6.07) is 8.02. The standard InChI is InChI=1S/C12H14BrN3OS/c1-2-14-7-11-15-16-12(18-11)17-8-9-4-3-5-10(13)6-9/h3-6,14H,2,7-8H2,1H3. The van der Waals surface area contributed by atoms with Crippen LogP contribution in [0.15, 0.2) is 28.7 Å². The Morgan fingerprint density at radius 1 is 1.39 bits per heavy atom. The summed E-state index contributed by atoms with van der Waals surface area (Å²) in [7, 11) is 0. The van der Waals surface area contributed by atoms with Crippen molar-refractivity contribution in [3.63, 3.8) is 0 Å². The van der Waals surface area contributed by atoms with Gasteiger partial charge in [-0.1, -0.05) is 51.4 Å². The molecule has 0 bridgehead atoms. The van der Waals surface area contributed by atoms with E-state index >= 15 is 0 Å². The lowest BCUT2D eigenvalue weighted by molar-refractivity contribution is 0.302. The van der Waals surface area contributed by atoms with Gasteiger partial charge in [-0.3, -0.25) is 0 Å². The van der Waals surface area contributed by atoms with Crippen LogP contribution in [0.4, 0.5) is 0 Å². The smallest absolute Gasteiger partial charge is 0.294 e. The Labute approximate surface area is 119 Å². The van der Waals surface area contributed by atoms with E-state index < -0.39 is 0 Å². The van der Waals surface area contributed by atoms with Crippen molar-refractivity contribution in [3.8, 4) is 5.19 Å². The maximum Gasteiger partial charge on any atom is 0.294 e. The Balaban J connectivity index is 1.88. The van der Waals surface area contributed by atoms with E-state index in [1.807, 2.05) is 24.3 Å². The lowest BCUT2D eigenvalue weighted by Crippen LogP contribution is -2.11. The summed E-state index contributed by atoms with van der Waals surface area (Å²) < 4.78 is 6.65. The highest BCUT2D eigenvalue weighted by Crippen LogP contribution is 2.19. The Kier molecular flexibility index (Phi) is 5.10. The van der Waals surface area contributed by atoms with Crippen LogP contribution in [0.2, 0.25) is 0 Å². The van der Waals surface area contributed by atoms with E-state index in [0.717, 1.165) is 28.1 Å². The summed E-state index contributed by atoms with van der Waals surface area (Å²) in [5.74, 6) is 0. The minimum atomic E-state index is 0.509. The molecule has 6 heteroatoms. The van der Waals surface area contributed by atoms with Crippen LogP contribution < -0.4 is 10.1 Å². The zero-order valence-corrected chi connectivity index (χ0v) is 12.4. The lowest BCUT2D eigenvalue weighted by atomic mass is 10.2. The highest BCUT2D eigenvalue weighted by molar-refractivity contribution is 9.10. The molecule has 96 valence electrons.